The van der Waals surface area contributed by atoms with Crippen LogP contribution in [0.2, 0.25) is 0 Å². The Morgan fingerprint density at radius 3 is 2.62 bits per heavy atom. The maximum absolute atomic E-state index is 9.72. The number of ether oxygens (including phenoxy) is 1. The van der Waals surface area contributed by atoms with Gasteiger partial charge in [-0.1, -0.05) is 41.6 Å². The molecule has 1 aliphatic heterocycles. The molecule has 26 heavy (non-hydrogen) atoms. The first-order valence-electron chi connectivity index (χ1n) is 8.68. The van der Waals surface area contributed by atoms with Crippen LogP contribution in [0.4, 0.5) is 5.82 Å². The maximum atomic E-state index is 9.72. The van der Waals surface area contributed by atoms with Crippen molar-refractivity contribution in [2.75, 3.05) is 51.0 Å². The van der Waals surface area contributed by atoms with Crippen LogP contribution in [0.15, 0.2) is 29.4 Å². The number of rotatable bonds is 6. The van der Waals surface area contributed by atoms with E-state index in [4.69, 9.17) is 4.74 Å². The van der Waals surface area contributed by atoms with Crippen molar-refractivity contribution >= 4 is 17.6 Å². The zero-order valence-corrected chi connectivity index (χ0v) is 16.0. The molecule has 1 fully saturated rings. The Hall–Kier alpha value is -2.14. The molecule has 0 bridgehead atoms. The number of morpholine rings is 1. The average Bonchev–Trinajstić information content (AvgIpc) is 2.68. The summed E-state index contributed by atoms with van der Waals surface area (Å²) in [6.45, 7) is 7.12. The van der Waals surface area contributed by atoms with Crippen LogP contribution in [0, 0.1) is 18.3 Å². The highest BCUT2D eigenvalue weighted by molar-refractivity contribution is 7.98. The third-order valence-electron chi connectivity index (χ3n) is 4.33. The van der Waals surface area contributed by atoms with Gasteiger partial charge in [-0.25, -0.2) is 9.97 Å². The summed E-state index contributed by atoms with van der Waals surface area (Å²) in [5, 5.41) is 13.7. The largest absolute Gasteiger partial charge is 0.379 e. The molecule has 1 aromatic carbocycles. The van der Waals surface area contributed by atoms with Crippen LogP contribution in [0.3, 0.4) is 0 Å². The molecule has 7 heteroatoms. The maximum Gasteiger partial charge on any atom is 0.189 e. The van der Waals surface area contributed by atoms with E-state index >= 15 is 0 Å². The van der Waals surface area contributed by atoms with Crippen LogP contribution >= 0.6 is 11.8 Å². The minimum Gasteiger partial charge on any atom is -0.379 e. The topological polar surface area (TPSA) is 74.1 Å². The smallest absolute Gasteiger partial charge is 0.189 e. The second-order valence-electron chi connectivity index (χ2n) is 6.14. The van der Waals surface area contributed by atoms with Crippen molar-refractivity contribution in [1.29, 1.82) is 5.26 Å². The van der Waals surface area contributed by atoms with Crippen LogP contribution in [0.5, 0.6) is 0 Å². The van der Waals surface area contributed by atoms with Crippen molar-refractivity contribution in [1.82, 2.24) is 14.9 Å². The van der Waals surface area contributed by atoms with E-state index in [1.807, 2.05) is 37.4 Å². The summed E-state index contributed by atoms with van der Waals surface area (Å²) >= 11 is 1.48. The molecule has 1 aliphatic rings. The Morgan fingerprint density at radius 2 is 1.96 bits per heavy atom. The average molecular weight is 369 g/mol. The summed E-state index contributed by atoms with van der Waals surface area (Å²) < 4.78 is 5.38. The molecule has 0 atom stereocenters. The Labute approximate surface area is 158 Å². The molecular weight excluding hydrogens is 346 g/mol. The lowest BCUT2D eigenvalue weighted by Crippen LogP contribution is -2.39. The fourth-order valence-electron chi connectivity index (χ4n) is 2.84. The highest BCUT2D eigenvalue weighted by Crippen LogP contribution is 2.28. The van der Waals surface area contributed by atoms with Gasteiger partial charge >= 0.3 is 0 Å². The Balaban J connectivity index is 1.83. The molecule has 0 radical (unpaired) electrons. The summed E-state index contributed by atoms with van der Waals surface area (Å²) in [6.07, 6.45) is 1.94. The number of nitriles is 1. The third-order valence-corrected chi connectivity index (χ3v) is 4.88. The van der Waals surface area contributed by atoms with Gasteiger partial charge in [0, 0.05) is 31.7 Å². The first-order chi connectivity index (χ1) is 12.7. The standard InChI is InChI=1S/C19H23N5OS/c1-14-3-5-15(6-4-14)17-16(13-20)18(23-19(22-17)26-2)21-7-8-24-9-11-25-12-10-24/h3-6H,7-12H2,1-2H3,(H,21,22,23). The second kappa shape index (κ2) is 8.99. The molecule has 3 rings (SSSR count). The van der Waals surface area contributed by atoms with Crippen molar-refractivity contribution in [2.24, 2.45) is 0 Å². The van der Waals surface area contributed by atoms with Crippen molar-refractivity contribution < 1.29 is 4.74 Å². The minimum absolute atomic E-state index is 0.494. The zero-order valence-electron chi connectivity index (χ0n) is 15.2. The van der Waals surface area contributed by atoms with Gasteiger partial charge in [0.05, 0.1) is 18.9 Å². The predicted octanol–water partition coefficient (Wildman–Crippen LogP) is 2.79. The van der Waals surface area contributed by atoms with Gasteiger partial charge in [0.2, 0.25) is 0 Å². The van der Waals surface area contributed by atoms with Gasteiger partial charge in [-0.2, -0.15) is 5.26 Å². The molecule has 1 N–H and O–H groups in total. The van der Waals surface area contributed by atoms with Gasteiger partial charge in [-0.05, 0) is 13.2 Å². The van der Waals surface area contributed by atoms with Gasteiger partial charge in [-0.3, -0.25) is 4.90 Å². The molecule has 136 valence electrons. The van der Waals surface area contributed by atoms with E-state index in [-0.39, 0.29) is 0 Å². The van der Waals surface area contributed by atoms with E-state index in [0.717, 1.165) is 45.0 Å². The molecule has 0 aliphatic carbocycles. The van der Waals surface area contributed by atoms with E-state index in [1.165, 1.54) is 17.3 Å². The van der Waals surface area contributed by atoms with Gasteiger partial charge in [0.25, 0.3) is 0 Å². The lowest BCUT2D eigenvalue weighted by atomic mass is 10.1. The van der Waals surface area contributed by atoms with E-state index in [0.29, 0.717) is 22.2 Å². The molecule has 2 heterocycles. The van der Waals surface area contributed by atoms with Crippen LogP contribution < -0.4 is 5.32 Å². The lowest BCUT2D eigenvalue weighted by Gasteiger charge is -2.26. The van der Waals surface area contributed by atoms with Crippen molar-refractivity contribution in [2.45, 2.75) is 12.1 Å². The summed E-state index contributed by atoms with van der Waals surface area (Å²) in [5.74, 6) is 0.607. The number of aryl methyl sites for hydroxylation is 1. The van der Waals surface area contributed by atoms with E-state index in [2.05, 4.69) is 26.3 Å². The van der Waals surface area contributed by atoms with Crippen LogP contribution in [0.25, 0.3) is 11.3 Å². The highest BCUT2D eigenvalue weighted by atomic mass is 32.2. The summed E-state index contributed by atoms with van der Waals surface area (Å²) in [7, 11) is 0. The van der Waals surface area contributed by atoms with Crippen molar-refractivity contribution in [3.63, 3.8) is 0 Å². The van der Waals surface area contributed by atoms with Crippen LogP contribution in [-0.2, 0) is 4.74 Å². The minimum atomic E-state index is 0.494. The molecule has 1 saturated heterocycles. The van der Waals surface area contributed by atoms with Crippen LogP contribution in [-0.4, -0.2) is 60.5 Å². The fraction of sp³-hybridized carbons (Fsp3) is 0.421. The third kappa shape index (κ3) is 4.52. The van der Waals surface area contributed by atoms with Gasteiger partial charge < -0.3 is 10.1 Å². The molecule has 0 saturated carbocycles. The van der Waals surface area contributed by atoms with E-state index in [9.17, 15) is 5.26 Å². The highest BCUT2D eigenvalue weighted by Gasteiger charge is 2.16. The number of nitrogens with one attached hydrogen (secondary N) is 1. The molecular formula is C19H23N5OS. The quantitative estimate of drug-likeness (QED) is 0.620. The van der Waals surface area contributed by atoms with Gasteiger partial charge in [0.1, 0.15) is 17.5 Å². The molecule has 0 unspecified atom stereocenters. The summed E-state index contributed by atoms with van der Waals surface area (Å²) in [6, 6.07) is 10.3. The number of thioether (sulfide) groups is 1. The first-order valence-corrected chi connectivity index (χ1v) is 9.91. The zero-order chi connectivity index (χ0) is 18.4. The molecule has 2 aromatic rings. The Bertz CT molecular complexity index is 782. The number of benzene rings is 1. The van der Waals surface area contributed by atoms with Gasteiger partial charge in [-0.15, -0.1) is 0 Å². The monoisotopic (exact) mass is 369 g/mol. The van der Waals surface area contributed by atoms with Crippen molar-refractivity contribution in [3.8, 4) is 17.3 Å². The number of hydrogen-bond acceptors (Lipinski definition) is 7. The predicted molar refractivity (Wildman–Crippen MR) is 104 cm³/mol. The van der Waals surface area contributed by atoms with Crippen molar-refractivity contribution in [3.05, 3.63) is 35.4 Å². The Morgan fingerprint density at radius 1 is 1.23 bits per heavy atom. The van der Waals surface area contributed by atoms with Crippen LogP contribution in [0.1, 0.15) is 11.1 Å². The van der Waals surface area contributed by atoms with E-state index in [1.54, 1.807) is 0 Å². The summed E-state index contributed by atoms with van der Waals surface area (Å²) in [5.41, 5.74) is 3.28. The number of anilines is 1. The number of aromatic nitrogens is 2. The molecule has 1 aromatic heterocycles. The van der Waals surface area contributed by atoms with E-state index < -0.39 is 0 Å². The second-order valence-corrected chi connectivity index (χ2v) is 6.91. The number of hydrogen-bond donors (Lipinski definition) is 1. The molecule has 6 nitrogen and oxygen atoms in total. The first kappa shape index (κ1) is 18.6. The fourth-order valence-corrected chi connectivity index (χ4v) is 3.21. The SMILES string of the molecule is CSc1nc(NCCN2CCOCC2)c(C#N)c(-c2ccc(C)cc2)n1. The molecule has 0 spiro atoms. The Kier molecular flexibility index (Phi) is 6.45. The summed E-state index contributed by atoms with van der Waals surface area (Å²) in [4.78, 5) is 11.5. The van der Waals surface area contributed by atoms with Gasteiger partial charge in [0.15, 0.2) is 5.16 Å². The number of nitrogens with zero attached hydrogens (tertiary/aromatic N) is 4. The lowest BCUT2D eigenvalue weighted by molar-refractivity contribution is 0.0398. The molecule has 0 amide bonds. The normalized spacial score (nSPS) is 14.8.